The van der Waals surface area contributed by atoms with Gasteiger partial charge in [0.05, 0.1) is 0 Å². The van der Waals surface area contributed by atoms with Crippen LogP contribution in [-0.4, -0.2) is 21.3 Å². The Labute approximate surface area is 113 Å². The van der Waals surface area contributed by atoms with Crippen LogP contribution in [0.4, 0.5) is 0 Å². The van der Waals surface area contributed by atoms with Crippen molar-refractivity contribution >= 4 is 5.97 Å². The molecule has 0 aliphatic heterocycles. The molecule has 0 saturated carbocycles. The summed E-state index contributed by atoms with van der Waals surface area (Å²) in [5.74, 6) is -0.849. The molecule has 0 saturated heterocycles. The molecule has 0 unspecified atom stereocenters. The Morgan fingerprint density at radius 1 is 1.16 bits per heavy atom. The number of phenols is 2. The quantitative estimate of drug-likeness (QED) is 0.659. The van der Waals surface area contributed by atoms with Crippen molar-refractivity contribution in [3.05, 3.63) is 23.3 Å². The van der Waals surface area contributed by atoms with Crippen LogP contribution in [-0.2, 0) is 6.42 Å². The van der Waals surface area contributed by atoms with Crippen LogP contribution in [0.25, 0.3) is 0 Å². The molecule has 1 aromatic carbocycles. The van der Waals surface area contributed by atoms with E-state index in [1.54, 1.807) is 0 Å². The molecule has 0 fully saturated rings. The van der Waals surface area contributed by atoms with Crippen LogP contribution in [0.15, 0.2) is 12.1 Å². The minimum atomic E-state index is -1.18. The Bertz CT molecular complexity index is 438. The van der Waals surface area contributed by atoms with Gasteiger partial charge in [0.25, 0.3) is 0 Å². The minimum absolute atomic E-state index is 0.0358. The zero-order valence-electron chi connectivity index (χ0n) is 11.5. The van der Waals surface area contributed by atoms with Gasteiger partial charge in [-0.2, -0.15) is 0 Å². The van der Waals surface area contributed by atoms with Gasteiger partial charge < -0.3 is 15.3 Å². The molecule has 4 nitrogen and oxygen atoms in total. The Kier molecular flexibility index (Phi) is 5.67. The lowest BCUT2D eigenvalue weighted by molar-refractivity contribution is 0.0693. The minimum Gasteiger partial charge on any atom is -0.508 e. The number of phenolic OH excluding ortho intramolecular Hbond substituents is 1. The third-order valence-corrected chi connectivity index (χ3v) is 3.20. The Morgan fingerprint density at radius 2 is 1.84 bits per heavy atom. The van der Waals surface area contributed by atoms with E-state index in [-0.39, 0.29) is 17.1 Å². The summed E-state index contributed by atoms with van der Waals surface area (Å²) in [6.07, 6.45) is 4.60. The summed E-state index contributed by atoms with van der Waals surface area (Å²) in [5, 5.41) is 28.4. The van der Waals surface area contributed by atoms with E-state index in [2.05, 4.69) is 13.8 Å². The van der Waals surface area contributed by atoms with Gasteiger partial charge in [0.15, 0.2) is 0 Å². The summed E-state index contributed by atoms with van der Waals surface area (Å²) in [5.41, 5.74) is 0.180. The molecule has 4 heteroatoms. The molecule has 0 radical (unpaired) electrons. The van der Waals surface area contributed by atoms with Crippen LogP contribution < -0.4 is 0 Å². The number of carbonyl (C=O) groups is 1. The standard InChI is InChI=1S/C15H22O4/c1-10(2)6-4-3-5-7-11-13(16)9-8-12(14(11)17)15(18)19/h8-10,16-17H,3-7H2,1-2H3,(H,18,19). The monoisotopic (exact) mass is 266 g/mol. The normalized spacial score (nSPS) is 10.9. The lowest BCUT2D eigenvalue weighted by Crippen LogP contribution is -1.99. The van der Waals surface area contributed by atoms with Crippen molar-refractivity contribution in [1.82, 2.24) is 0 Å². The smallest absolute Gasteiger partial charge is 0.339 e. The van der Waals surface area contributed by atoms with Gasteiger partial charge in [-0.1, -0.05) is 33.1 Å². The highest BCUT2D eigenvalue weighted by Gasteiger charge is 2.16. The maximum absolute atomic E-state index is 10.9. The summed E-state index contributed by atoms with van der Waals surface area (Å²) in [7, 11) is 0. The van der Waals surface area contributed by atoms with Gasteiger partial charge in [-0.25, -0.2) is 4.79 Å². The number of carboxylic acid groups (broad SMARTS) is 1. The maximum atomic E-state index is 10.9. The van der Waals surface area contributed by atoms with Gasteiger partial charge in [0, 0.05) is 5.56 Å². The second-order valence-electron chi connectivity index (χ2n) is 5.26. The van der Waals surface area contributed by atoms with Crippen molar-refractivity contribution in [1.29, 1.82) is 0 Å². The van der Waals surface area contributed by atoms with Crippen LogP contribution in [0.2, 0.25) is 0 Å². The lowest BCUT2D eigenvalue weighted by Gasteiger charge is -2.10. The molecule has 0 aliphatic carbocycles. The number of carboxylic acids is 1. The third kappa shape index (κ3) is 4.47. The van der Waals surface area contributed by atoms with Gasteiger partial charge in [-0.15, -0.1) is 0 Å². The number of aromatic carboxylic acids is 1. The molecule has 1 rings (SSSR count). The van der Waals surface area contributed by atoms with Crippen molar-refractivity contribution in [2.45, 2.75) is 46.0 Å². The molecule has 19 heavy (non-hydrogen) atoms. The van der Waals surface area contributed by atoms with Crippen LogP contribution in [0.3, 0.4) is 0 Å². The second-order valence-corrected chi connectivity index (χ2v) is 5.26. The zero-order valence-corrected chi connectivity index (χ0v) is 11.5. The molecule has 0 aromatic heterocycles. The summed E-state index contributed by atoms with van der Waals surface area (Å²) in [6.45, 7) is 4.35. The number of unbranched alkanes of at least 4 members (excludes halogenated alkanes) is 2. The fraction of sp³-hybridized carbons (Fsp3) is 0.533. The molecule has 0 atom stereocenters. The molecule has 3 N–H and O–H groups in total. The Balaban J connectivity index is 2.62. The van der Waals surface area contributed by atoms with Crippen molar-refractivity contribution in [3.8, 4) is 11.5 Å². The molecular formula is C15H22O4. The van der Waals surface area contributed by atoms with Crippen LogP contribution in [0.5, 0.6) is 11.5 Å². The first-order valence-electron chi connectivity index (χ1n) is 6.70. The first-order chi connectivity index (χ1) is 8.93. The first kappa shape index (κ1) is 15.3. The van der Waals surface area contributed by atoms with E-state index in [0.29, 0.717) is 17.9 Å². The molecule has 106 valence electrons. The van der Waals surface area contributed by atoms with Crippen LogP contribution in [0.1, 0.15) is 55.5 Å². The van der Waals surface area contributed by atoms with Crippen LogP contribution >= 0.6 is 0 Å². The molecule has 1 aromatic rings. The Hall–Kier alpha value is -1.71. The van der Waals surface area contributed by atoms with Gasteiger partial charge in [-0.05, 0) is 30.9 Å². The van der Waals surface area contributed by atoms with Crippen molar-refractivity contribution in [2.75, 3.05) is 0 Å². The predicted octanol–water partition coefficient (Wildman–Crippen LogP) is 3.55. The fourth-order valence-electron chi connectivity index (χ4n) is 2.08. The lowest BCUT2D eigenvalue weighted by atomic mass is 9.99. The second kappa shape index (κ2) is 7.02. The number of benzene rings is 1. The van der Waals surface area contributed by atoms with E-state index in [1.807, 2.05) is 0 Å². The molecule has 0 bridgehead atoms. The van der Waals surface area contributed by atoms with Crippen molar-refractivity contribution in [3.63, 3.8) is 0 Å². The first-order valence-corrected chi connectivity index (χ1v) is 6.70. The maximum Gasteiger partial charge on any atom is 0.339 e. The summed E-state index contributed by atoms with van der Waals surface area (Å²) < 4.78 is 0. The number of rotatable bonds is 7. The predicted molar refractivity (Wildman–Crippen MR) is 73.7 cm³/mol. The van der Waals surface area contributed by atoms with E-state index >= 15 is 0 Å². The fourth-order valence-corrected chi connectivity index (χ4v) is 2.08. The van der Waals surface area contributed by atoms with Gasteiger partial charge in [0.2, 0.25) is 0 Å². The Morgan fingerprint density at radius 3 is 2.42 bits per heavy atom. The highest BCUT2D eigenvalue weighted by atomic mass is 16.4. The molecule has 0 spiro atoms. The van der Waals surface area contributed by atoms with Crippen LogP contribution in [0, 0.1) is 5.92 Å². The highest BCUT2D eigenvalue weighted by Crippen LogP contribution is 2.32. The summed E-state index contributed by atoms with van der Waals surface area (Å²) in [6, 6.07) is 2.54. The van der Waals surface area contributed by atoms with Gasteiger partial charge in [0.1, 0.15) is 17.1 Å². The van der Waals surface area contributed by atoms with Gasteiger partial charge >= 0.3 is 5.97 Å². The van der Waals surface area contributed by atoms with E-state index in [0.717, 1.165) is 25.7 Å². The average molecular weight is 266 g/mol. The largest absolute Gasteiger partial charge is 0.508 e. The summed E-state index contributed by atoms with van der Waals surface area (Å²) >= 11 is 0. The highest BCUT2D eigenvalue weighted by molar-refractivity contribution is 5.91. The van der Waals surface area contributed by atoms with Gasteiger partial charge in [-0.3, -0.25) is 0 Å². The van der Waals surface area contributed by atoms with Crippen molar-refractivity contribution in [2.24, 2.45) is 5.92 Å². The molecule has 0 heterocycles. The van der Waals surface area contributed by atoms with E-state index < -0.39 is 5.97 Å². The van der Waals surface area contributed by atoms with E-state index in [4.69, 9.17) is 5.11 Å². The molecular weight excluding hydrogens is 244 g/mol. The topological polar surface area (TPSA) is 77.8 Å². The van der Waals surface area contributed by atoms with Crippen molar-refractivity contribution < 1.29 is 20.1 Å². The number of hydrogen-bond donors (Lipinski definition) is 3. The number of hydrogen-bond acceptors (Lipinski definition) is 3. The SMILES string of the molecule is CC(C)CCCCCc1c(O)ccc(C(=O)O)c1O. The molecule has 0 aliphatic rings. The summed E-state index contributed by atoms with van der Waals surface area (Å²) in [4.78, 5) is 10.9. The zero-order chi connectivity index (χ0) is 14.4. The average Bonchev–Trinajstić information content (AvgIpc) is 2.31. The molecule has 0 amide bonds. The van der Waals surface area contributed by atoms with E-state index in [1.165, 1.54) is 12.1 Å². The van der Waals surface area contributed by atoms with E-state index in [9.17, 15) is 15.0 Å². The number of aromatic hydroxyl groups is 2. The third-order valence-electron chi connectivity index (χ3n) is 3.20.